The zero-order valence-corrected chi connectivity index (χ0v) is 15.3. The summed E-state index contributed by atoms with van der Waals surface area (Å²) < 4.78 is 5.47. The average molecular weight is 421 g/mol. The maximum absolute atomic E-state index is 11.9. The van der Waals surface area contributed by atoms with E-state index in [9.17, 15) is 9.59 Å². The van der Waals surface area contributed by atoms with Gasteiger partial charge in [-0.05, 0) is 37.5 Å². The van der Waals surface area contributed by atoms with E-state index in [0.29, 0.717) is 23.2 Å². The number of alkyl halides is 1. The highest BCUT2D eigenvalue weighted by atomic mass is 79.9. The fourth-order valence-corrected chi connectivity index (χ4v) is 2.75. The number of ether oxygens (including phenoxy) is 1. The van der Waals surface area contributed by atoms with Crippen LogP contribution >= 0.6 is 31.9 Å². The smallest absolute Gasteiger partial charge is 0.338 e. The Hall–Kier alpha value is -0.880. The standard InChI is InChI=1S/C15H19Br2NO3/c1-10-12(15(20)21-2)8-11(17)9-13(10)18-14(19)6-4-3-5-7-16/h8-9H,3-7H2,1-2H3,(H,18,19). The van der Waals surface area contributed by atoms with E-state index < -0.39 is 5.97 Å². The Labute approximate surface area is 141 Å². The first-order valence-corrected chi connectivity index (χ1v) is 8.65. The van der Waals surface area contributed by atoms with Crippen LogP contribution in [0, 0.1) is 6.92 Å². The first kappa shape index (κ1) is 18.2. The third-order valence-corrected chi connectivity index (χ3v) is 4.11. The van der Waals surface area contributed by atoms with E-state index in [0.717, 1.165) is 29.1 Å². The highest BCUT2D eigenvalue weighted by Crippen LogP contribution is 2.26. The number of rotatable bonds is 7. The molecule has 21 heavy (non-hydrogen) atoms. The number of amides is 1. The molecule has 6 heteroatoms. The molecule has 0 spiro atoms. The molecule has 1 aromatic carbocycles. The lowest BCUT2D eigenvalue weighted by molar-refractivity contribution is -0.116. The Kier molecular flexibility index (Phi) is 7.96. The summed E-state index contributed by atoms with van der Waals surface area (Å²) in [6.07, 6.45) is 3.42. The minimum Gasteiger partial charge on any atom is -0.465 e. The molecule has 0 aliphatic carbocycles. The first-order valence-electron chi connectivity index (χ1n) is 6.74. The van der Waals surface area contributed by atoms with Gasteiger partial charge in [0.25, 0.3) is 0 Å². The van der Waals surface area contributed by atoms with Crippen molar-refractivity contribution in [1.82, 2.24) is 0 Å². The zero-order valence-electron chi connectivity index (χ0n) is 12.2. The molecule has 1 amide bonds. The van der Waals surface area contributed by atoms with Crippen LogP contribution in [0.5, 0.6) is 0 Å². The molecule has 1 rings (SSSR count). The Balaban J connectivity index is 2.76. The van der Waals surface area contributed by atoms with E-state index in [1.165, 1.54) is 7.11 Å². The molecule has 0 aliphatic rings. The molecule has 0 aromatic heterocycles. The van der Waals surface area contributed by atoms with E-state index in [-0.39, 0.29) is 5.91 Å². The lowest BCUT2D eigenvalue weighted by Gasteiger charge is -2.12. The van der Waals surface area contributed by atoms with Crippen LogP contribution in [0.2, 0.25) is 0 Å². The Morgan fingerprint density at radius 3 is 2.57 bits per heavy atom. The maximum Gasteiger partial charge on any atom is 0.338 e. The summed E-state index contributed by atoms with van der Waals surface area (Å²) in [5, 5.41) is 3.82. The predicted octanol–water partition coefficient (Wildman–Crippen LogP) is 4.44. The van der Waals surface area contributed by atoms with E-state index in [4.69, 9.17) is 4.74 Å². The number of nitrogens with one attached hydrogen (secondary N) is 1. The Morgan fingerprint density at radius 1 is 1.24 bits per heavy atom. The molecule has 0 atom stereocenters. The lowest BCUT2D eigenvalue weighted by atomic mass is 10.1. The monoisotopic (exact) mass is 419 g/mol. The van der Waals surface area contributed by atoms with Crippen LogP contribution in [-0.2, 0) is 9.53 Å². The van der Waals surface area contributed by atoms with Crippen molar-refractivity contribution < 1.29 is 14.3 Å². The van der Waals surface area contributed by atoms with Crippen LogP contribution in [0.4, 0.5) is 5.69 Å². The molecule has 1 aromatic rings. The summed E-state index contributed by atoms with van der Waals surface area (Å²) in [6.45, 7) is 1.79. The molecule has 4 nitrogen and oxygen atoms in total. The molecule has 0 saturated carbocycles. The summed E-state index contributed by atoms with van der Waals surface area (Å²) in [6, 6.07) is 3.48. The number of benzene rings is 1. The topological polar surface area (TPSA) is 55.4 Å². The lowest BCUT2D eigenvalue weighted by Crippen LogP contribution is -2.14. The second-order valence-corrected chi connectivity index (χ2v) is 6.37. The molecule has 0 aliphatic heterocycles. The van der Waals surface area contributed by atoms with Gasteiger partial charge in [0.1, 0.15) is 0 Å². The second kappa shape index (κ2) is 9.20. The largest absolute Gasteiger partial charge is 0.465 e. The van der Waals surface area contributed by atoms with Crippen molar-refractivity contribution in [3.05, 3.63) is 27.7 Å². The SMILES string of the molecule is COC(=O)c1cc(Br)cc(NC(=O)CCCCCBr)c1C. The second-order valence-electron chi connectivity index (χ2n) is 4.67. The number of carbonyl (C=O) groups is 2. The predicted molar refractivity (Wildman–Crippen MR) is 91.1 cm³/mol. The van der Waals surface area contributed by atoms with E-state index in [1.807, 2.05) is 0 Å². The summed E-state index contributed by atoms with van der Waals surface area (Å²) in [7, 11) is 1.34. The van der Waals surface area contributed by atoms with Crippen LogP contribution in [0.15, 0.2) is 16.6 Å². The van der Waals surface area contributed by atoms with Crippen LogP contribution in [0.25, 0.3) is 0 Å². The molecule has 116 valence electrons. The van der Waals surface area contributed by atoms with E-state index >= 15 is 0 Å². The first-order chi connectivity index (χ1) is 9.99. The van der Waals surface area contributed by atoms with Gasteiger partial charge in [-0.2, -0.15) is 0 Å². The van der Waals surface area contributed by atoms with Gasteiger partial charge in [-0.3, -0.25) is 4.79 Å². The van der Waals surface area contributed by atoms with Crippen LogP contribution < -0.4 is 5.32 Å². The highest BCUT2D eigenvalue weighted by molar-refractivity contribution is 9.10. The minimum atomic E-state index is -0.415. The molecule has 1 N–H and O–H groups in total. The third-order valence-electron chi connectivity index (χ3n) is 3.09. The number of halogens is 2. The van der Waals surface area contributed by atoms with Gasteiger partial charge in [-0.1, -0.05) is 38.3 Å². The number of esters is 1. The van der Waals surface area contributed by atoms with Gasteiger partial charge in [-0.25, -0.2) is 4.79 Å². The number of carbonyl (C=O) groups excluding carboxylic acids is 2. The van der Waals surface area contributed by atoms with Gasteiger partial charge < -0.3 is 10.1 Å². The van der Waals surface area contributed by atoms with Crippen LogP contribution in [0.3, 0.4) is 0 Å². The van der Waals surface area contributed by atoms with Crippen molar-refractivity contribution in [2.24, 2.45) is 0 Å². The van der Waals surface area contributed by atoms with Gasteiger partial charge >= 0.3 is 5.97 Å². The molecule has 0 unspecified atom stereocenters. The normalized spacial score (nSPS) is 10.3. The van der Waals surface area contributed by atoms with Crippen LogP contribution in [-0.4, -0.2) is 24.3 Å². The van der Waals surface area contributed by atoms with Crippen molar-refractivity contribution >= 4 is 49.4 Å². The van der Waals surface area contributed by atoms with Crippen molar-refractivity contribution in [2.75, 3.05) is 17.8 Å². The number of hydrogen-bond acceptors (Lipinski definition) is 3. The average Bonchev–Trinajstić information content (AvgIpc) is 2.46. The summed E-state index contributed by atoms with van der Waals surface area (Å²) in [5.74, 6) is -0.455. The maximum atomic E-state index is 11.9. The molecule has 0 saturated heterocycles. The van der Waals surface area contributed by atoms with E-state index in [2.05, 4.69) is 37.2 Å². The zero-order chi connectivity index (χ0) is 15.8. The third kappa shape index (κ3) is 5.79. The number of unbranched alkanes of at least 4 members (excludes halogenated alkanes) is 2. The fourth-order valence-electron chi connectivity index (χ4n) is 1.90. The highest BCUT2D eigenvalue weighted by Gasteiger charge is 2.15. The minimum absolute atomic E-state index is 0.0402. The Bertz CT molecular complexity index is 518. The van der Waals surface area contributed by atoms with Crippen molar-refractivity contribution in [3.63, 3.8) is 0 Å². The van der Waals surface area contributed by atoms with Crippen molar-refractivity contribution in [1.29, 1.82) is 0 Å². The van der Waals surface area contributed by atoms with Gasteiger partial charge in [0, 0.05) is 21.9 Å². The van der Waals surface area contributed by atoms with Gasteiger partial charge in [0.15, 0.2) is 0 Å². The van der Waals surface area contributed by atoms with Gasteiger partial charge in [-0.15, -0.1) is 0 Å². The summed E-state index contributed by atoms with van der Waals surface area (Å²) in [5.41, 5.74) is 1.79. The summed E-state index contributed by atoms with van der Waals surface area (Å²) >= 11 is 6.71. The number of anilines is 1. The Morgan fingerprint density at radius 2 is 1.95 bits per heavy atom. The molecule has 0 bridgehead atoms. The molecule has 0 fully saturated rings. The van der Waals surface area contributed by atoms with Gasteiger partial charge in [0.2, 0.25) is 5.91 Å². The van der Waals surface area contributed by atoms with Crippen LogP contribution in [0.1, 0.15) is 41.6 Å². The molecule has 0 heterocycles. The quantitative estimate of drug-likeness (QED) is 0.403. The van der Waals surface area contributed by atoms with E-state index in [1.54, 1.807) is 19.1 Å². The molecular formula is C15H19Br2NO3. The summed E-state index contributed by atoms with van der Waals surface area (Å²) in [4.78, 5) is 23.6. The number of methoxy groups -OCH3 is 1. The van der Waals surface area contributed by atoms with Crippen molar-refractivity contribution in [2.45, 2.75) is 32.6 Å². The fraction of sp³-hybridized carbons (Fsp3) is 0.467. The molecular weight excluding hydrogens is 402 g/mol. The molecule has 0 radical (unpaired) electrons. The van der Waals surface area contributed by atoms with Crippen molar-refractivity contribution in [3.8, 4) is 0 Å². The number of hydrogen-bond donors (Lipinski definition) is 1. The van der Waals surface area contributed by atoms with Gasteiger partial charge in [0.05, 0.1) is 12.7 Å².